The molecule has 1 saturated heterocycles. The van der Waals surface area contributed by atoms with Crippen molar-refractivity contribution >= 4 is 0 Å². The first-order valence-corrected chi connectivity index (χ1v) is 2.21. The first kappa shape index (κ1) is 7.60. The van der Waals surface area contributed by atoms with Crippen LogP contribution in [0.5, 0.6) is 0 Å². The number of hydrogen-bond acceptors (Lipinski definition) is 1. The van der Waals surface area contributed by atoms with E-state index in [-0.39, 0.29) is 52.8 Å². The summed E-state index contributed by atoms with van der Waals surface area (Å²) in [6.07, 6.45) is 2.78. The van der Waals surface area contributed by atoms with Crippen molar-refractivity contribution in [1.29, 1.82) is 0 Å². The van der Waals surface area contributed by atoms with E-state index >= 15 is 0 Å². The minimum absolute atomic E-state index is 0. The van der Waals surface area contributed by atoms with Crippen LogP contribution in [-0.4, -0.2) is 13.1 Å². The molecule has 0 spiro atoms. The van der Waals surface area contributed by atoms with Gasteiger partial charge in [-0.3, -0.25) is 0 Å². The second kappa shape index (κ2) is 4.75. The standard InChI is InChI=1S/C4H9N.K.H/c1-2-4-5-3-1;;/h5H,1-4H2;;/q;+1;-1. The number of nitrogens with one attached hydrogen (secondary N) is 1. The molecule has 0 aliphatic carbocycles. The van der Waals surface area contributed by atoms with Gasteiger partial charge in [0, 0.05) is 0 Å². The zero-order chi connectivity index (χ0) is 3.54. The molecule has 0 atom stereocenters. The van der Waals surface area contributed by atoms with Gasteiger partial charge in [-0.25, -0.2) is 0 Å². The van der Waals surface area contributed by atoms with Crippen molar-refractivity contribution in [2.75, 3.05) is 13.1 Å². The normalized spacial score (nSPS) is 20.0. The second-order valence-electron chi connectivity index (χ2n) is 1.46. The molecule has 6 heavy (non-hydrogen) atoms. The zero-order valence-corrected chi connectivity index (χ0v) is 7.45. The van der Waals surface area contributed by atoms with E-state index in [0.29, 0.717) is 0 Å². The van der Waals surface area contributed by atoms with E-state index in [4.69, 9.17) is 0 Å². The number of rotatable bonds is 0. The van der Waals surface area contributed by atoms with Crippen molar-refractivity contribution in [2.24, 2.45) is 0 Å². The molecular formula is C4H10KN. The fourth-order valence-electron chi connectivity index (χ4n) is 0.625. The summed E-state index contributed by atoms with van der Waals surface area (Å²) >= 11 is 0. The van der Waals surface area contributed by atoms with E-state index in [2.05, 4.69) is 5.32 Å². The van der Waals surface area contributed by atoms with Crippen LogP contribution >= 0.6 is 0 Å². The second-order valence-corrected chi connectivity index (χ2v) is 1.46. The van der Waals surface area contributed by atoms with Crippen LogP contribution in [0.2, 0.25) is 0 Å². The monoisotopic (exact) mass is 111 g/mol. The van der Waals surface area contributed by atoms with Crippen molar-refractivity contribution in [1.82, 2.24) is 5.32 Å². The maximum atomic E-state index is 3.22. The van der Waals surface area contributed by atoms with Crippen LogP contribution in [0, 0.1) is 0 Å². The van der Waals surface area contributed by atoms with E-state index in [9.17, 15) is 0 Å². The van der Waals surface area contributed by atoms with Crippen LogP contribution in [0.25, 0.3) is 0 Å². The minimum Gasteiger partial charge on any atom is -1.00 e. The molecule has 32 valence electrons. The van der Waals surface area contributed by atoms with Gasteiger partial charge in [0.2, 0.25) is 0 Å². The maximum absolute atomic E-state index is 3.22. The van der Waals surface area contributed by atoms with Crippen LogP contribution in [0.1, 0.15) is 14.3 Å². The molecule has 1 N–H and O–H groups in total. The molecule has 0 saturated carbocycles. The van der Waals surface area contributed by atoms with Gasteiger partial charge in [-0.15, -0.1) is 0 Å². The van der Waals surface area contributed by atoms with Gasteiger partial charge in [0.05, 0.1) is 0 Å². The van der Waals surface area contributed by atoms with Crippen LogP contribution in [0.3, 0.4) is 0 Å². The molecule has 1 nitrogen and oxygen atoms in total. The van der Waals surface area contributed by atoms with E-state index < -0.39 is 0 Å². The summed E-state index contributed by atoms with van der Waals surface area (Å²) in [4.78, 5) is 0. The molecule has 1 fully saturated rings. The molecule has 1 aliphatic heterocycles. The van der Waals surface area contributed by atoms with Crippen molar-refractivity contribution in [3.8, 4) is 0 Å². The van der Waals surface area contributed by atoms with E-state index in [1.807, 2.05) is 0 Å². The summed E-state index contributed by atoms with van der Waals surface area (Å²) in [7, 11) is 0. The maximum Gasteiger partial charge on any atom is 1.00 e. The number of hydrogen-bond donors (Lipinski definition) is 1. The van der Waals surface area contributed by atoms with Gasteiger partial charge in [0.1, 0.15) is 0 Å². The van der Waals surface area contributed by atoms with Crippen LogP contribution in [-0.2, 0) is 0 Å². The molecule has 1 heterocycles. The summed E-state index contributed by atoms with van der Waals surface area (Å²) in [6, 6.07) is 0. The summed E-state index contributed by atoms with van der Waals surface area (Å²) in [5, 5.41) is 3.22. The average Bonchev–Trinajstić information content (AvgIpc) is 1.76. The van der Waals surface area contributed by atoms with Crippen molar-refractivity contribution in [3.05, 3.63) is 0 Å². The zero-order valence-electron chi connectivity index (χ0n) is 5.33. The molecule has 0 aromatic carbocycles. The fraction of sp³-hybridized carbons (Fsp3) is 1.00. The molecule has 0 radical (unpaired) electrons. The van der Waals surface area contributed by atoms with Crippen LogP contribution in [0.4, 0.5) is 0 Å². The summed E-state index contributed by atoms with van der Waals surface area (Å²) in [5.74, 6) is 0. The summed E-state index contributed by atoms with van der Waals surface area (Å²) in [5.41, 5.74) is 0. The van der Waals surface area contributed by atoms with Gasteiger partial charge in [0.15, 0.2) is 0 Å². The SMILES string of the molecule is C1CCNC1.[H-].[K+]. The Labute approximate surface area is 82.8 Å². The van der Waals surface area contributed by atoms with E-state index in [1.54, 1.807) is 0 Å². The predicted octanol–water partition coefficient (Wildman–Crippen LogP) is -2.51. The molecule has 1 rings (SSSR count). The topological polar surface area (TPSA) is 12.0 Å². The van der Waals surface area contributed by atoms with Crippen LogP contribution < -0.4 is 56.7 Å². The largest absolute Gasteiger partial charge is 1.00 e. The van der Waals surface area contributed by atoms with Crippen molar-refractivity contribution in [3.63, 3.8) is 0 Å². The third-order valence-electron chi connectivity index (χ3n) is 0.957. The third-order valence-corrected chi connectivity index (χ3v) is 0.957. The Morgan fingerprint density at radius 2 is 1.67 bits per heavy atom. The average molecular weight is 111 g/mol. The van der Waals surface area contributed by atoms with E-state index in [0.717, 1.165) is 0 Å². The van der Waals surface area contributed by atoms with Gasteiger partial charge in [0.25, 0.3) is 0 Å². The molecular weight excluding hydrogens is 101 g/mol. The Balaban J connectivity index is 0. The van der Waals surface area contributed by atoms with Crippen LogP contribution in [0.15, 0.2) is 0 Å². The Morgan fingerprint density at radius 1 is 1.17 bits per heavy atom. The van der Waals surface area contributed by atoms with Gasteiger partial charge in [-0.1, -0.05) is 0 Å². The summed E-state index contributed by atoms with van der Waals surface area (Å²) in [6.45, 7) is 2.50. The molecule has 0 aromatic heterocycles. The molecule has 1 aliphatic rings. The van der Waals surface area contributed by atoms with Gasteiger partial charge in [-0.05, 0) is 25.9 Å². The quantitative estimate of drug-likeness (QED) is 0.340. The van der Waals surface area contributed by atoms with Gasteiger partial charge in [-0.2, -0.15) is 0 Å². The first-order chi connectivity index (χ1) is 2.50. The molecule has 0 aromatic rings. The predicted molar refractivity (Wildman–Crippen MR) is 23.2 cm³/mol. The molecule has 0 bridgehead atoms. The Hall–Kier alpha value is 1.60. The Bertz CT molecular complexity index is 23.3. The third kappa shape index (κ3) is 2.72. The van der Waals surface area contributed by atoms with Crippen molar-refractivity contribution < 1.29 is 52.8 Å². The molecule has 2 heteroatoms. The Morgan fingerprint density at radius 3 is 1.83 bits per heavy atom. The molecule has 0 amide bonds. The minimum atomic E-state index is 0. The van der Waals surface area contributed by atoms with Crippen molar-refractivity contribution in [2.45, 2.75) is 12.8 Å². The summed E-state index contributed by atoms with van der Waals surface area (Å²) < 4.78 is 0. The fourth-order valence-corrected chi connectivity index (χ4v) is 0.625. The van der Waals surface area contributed by atoms with Gasteiger partial charge < -0.3 is 6.74 Å². The Kier molecular flexibility index (Phi) is 6.01. The molecule has 0 unspecified atom stereocenters. The van der Waals surface area contributed by atoms with E-state index in [1.165, 1.54) is 25.9 Å². The van der Waals surface area contributed by atoms with Gasteiger partial charge >= 0.3 is 51.4 Å². The first-order valence-electron chi connectivity index (χ1n) is 2.21. The smallest absolute Gasteiger partial charge is 1.00 e.